The topological polar surface area (TPSA) is 55.5 Å². The molecule has 0 aliphatic heterocycles. The highest BCUT2D eigenvalue weighted by Gasteiger charge is 2.06. The van der Waals surface area contributed by atoms with E-state index in [9.17, 15) is 0 Å². The third-order valence-electron chi connectivity index (χ3n) is 2.49. The van der Waals surface area contributed by atoms with Crippen LogP contribution in [0.25, 0.3) is 0 Å². The average Bonchev–Trinajstić information content (AvgIpc) is 2.34. The van der Waals surface area contributed by atoms with Gasteiger partial charge in [0.25, 0.3) is 0 Å². The van der Waals surface area contributed by atoms with Gasteiger partial charge in [-0.3, -0.25) is 0 Å². The predicted molar refractivity (Wildman–Crippen MR) is 65.6 cm³/mol. The number of rotatable bonds is 7. The number of hydrogen-bond donors (Lipinski definition) is 2. The van der Waals surface area contributed by atoms with Gasteiger partial charge in [-0.05, 0) is 43.0 Å². The summed E-state index contributed by atoms with van der Waals surface area (Å²) >= 11 is 0. The third-order valence-corrected chi connectivity index (χ3v) is 2.49. The van der Waals surface area contributed by atoms with Crippen molar-refractivity contribution in [2.45, 2.75) is 19.8 Å². The molecular formula is C13H21NO2. The van der Waals surface area contributed by atoms with E-state index >= 15 is 0 Å². The highest BCUT2D eigenvalue weighted by Crippen LogP contribution is 2.16. The van der Waals surface area contributed by atoms with E-state index in [1.165, 1.54) is 0 Å². The molecule has 1 atom stereocenters. The Kier molecular flexibility index (Phi) is 5.90. The first-order valence-corrected chi connectivity index (χ1v) is 5.82. The first-order chi connectivity index (χ1) is 7.80. The molecule has 16 heavy (non-hydrogen) atoms. The molecule has 1 unspecified atom stereocenters. The van der Waals surface area contributed by atoms with Gasteiger partial charge in [0.1, 0.15) is 5.75 Å². The highest BCUT2D eigenvalue weighted by atomic mass is 16.5. The van der Waals surface area contributed by atoms with Crippen LogP contribution in [0.15, 0.2) is 24.3 Å². The van der Waals surface area contributed by atoms with Gasteiger partial charge in [-0.2, -0.15) is 0 Å². The highest BCUT2D eigenvalue weighted by molar-refractivity contribution is 5.28. The summed E-state index contributed by atoms with van der Waals surface area (Å²) in [6, 6.07) is 7.99. The number of benzene rings is 1. The molecule has 0 saturated heterocycles. The lowest BCUT2D eigenvalue weighted by Gasteiger charge is -2.12. The molecule has 0 saturated carbocycles. The molecule has 0 aliphatic rings. The summed E-state index contributed by atoms with van der Waals surface area (Å²) in [6.07, 6.45) is 1.81. The van der Waals surface area contributed by atoms with Gasteiger partial charge in [0.15, 0.2) is 0 Å². The van der Waals surface area contributed by atoms with Gasteiger partial charge in [0, 0.05) is 6.61 Å². The fraction of sp³-hybridized carbons (Fsp3) is 0.538. The largest absolute Gasteiger partial charge is 0.494 e. The Labute approximate surface area is 97.2 Å². The summed E-state index contributed by atoms with van der Waals surface area (Å²) in [6.45, 7) is 3.47. The Morgan fingerprint density at radius 2 is 2.25 bits per heavy atom. The van der Waals surface area contributed by atoms with Crippen LogP contribution < -0.4 is 10.5 Å². The molecule has 90 valence electrons. The van der Waals surface area contributed by atoms with Gasteiger partial charge < -0.3 is 15.6 Å². The maximum Gasteiger partial charge on any atom is 0.119 e. The van der Waals surface area contributed by atoms with Crippen molar-refractivity contribution in [1.29, 1.82) is 0 Å². The van der Waals surface area contributed by atoms with Crippen molar-refractivity contribution in [3.05, 3.63) is 29.8 Å². The van der Waals surface area contributed by atoms with Crippen LogP contribution in [0.2, 0.25) is 0 Å². The van der Waals surface area contributed by atoms with Crippen LogP contribution in [0, 0.1) is 5.92 Å². The van der Waals surface area contributed by atoms with E-state index in [-0.39, 0.29) is 12.5 Å². The number of aliphatic hydroxyl groups excluding tert-OH is 1. The lowest BCUT2D eigenvalue weighted by Crippen LogP contribution is -2.20. The van der Waals surface area contributed by atoms with Crippen LogP contribution in [0.4, 0.5) is 0 Å². The normalized spacial score (nSPS) is 12.4. The number of nitrogens with two attached hydrogens (primary N) is 1. The Hall–Kier alpha value is -1.06. The van der Waals surface area contributed by atoms with Crippen LogP contribution in [-0.4, -0.2) is 24.9 Å². The van der Waals surface area contributed by atoms with Crippen LogP contribution in [0.3, 0.4) is 0 Å². The standard InChI is InChI=1S/C13H21NO2/c1-2-6-16-13-5-3-4-11(8-13)7-12(9-14)10-15/h3-5,8,12,15H,2,6-7,9-10,14H2,1H3. The van der Waals surface area contributed by atoms with E-state index in [0.29, 0.717) is 6.54 Å². The second-order valence-corrected chi connectivity index (χ2v) is 3.98. The average molecular weight is 223 g/mol. The van der Waals surface area contributed by atoms with E-state index in [1.807, 2.05) is 24.3 Å². The molecule has 1 aromatic carbocycles. The molecule has 0 bridgehead atoms. The van der Waals surface area contributed by atoms with E-state index < -0.39 is 0 Å². The summed E-state index contributed by atoms with van der Waals surface area (Å²) < 4.78 is 5.55. The molecule has 1 rings (SSSR count). The second kappa shape index (κ2) is 7.25. The minimum absolute atomic E-state index is 0.135. The van der Waals surface area contributed by atoms with Crippen LogP contribution >= 0.6 is 0 Å². The smallest absolute Gasteiger partial charge is 0.119 e. The monoisotopic (exact) mass is 223 g/mol. The molecule has 0 radical (unpaired) electrons. The van der Waals surface area contributed by atoms with Crippen LogP contribution in [0.1, 0.15) is 18.9 Å². The Bertz CT molecular complexity index is 298. The third kappa shape index (κ3) is 4.21. The van der Waals surface area contributed by atoms with E-state index in [1.54, 1.807) is 0 Å². The van der Waals surface area contributed by atoms with Crippen molar-refractivity contribution < 1.29 is 9.84 Å². The summed E-state index contributed by atoms with van der Waals surface area (Å²) in [4.78, 5) is 0. The molecule has 0 fully saturated rings. The molecule has 3 nitrogen and oxygen atoms in total. The lowest BCUT2D eigenvalue weighted by atomic mass is 10.0. The fourth-order valence-corrected chi connectivity index (χ4v) is 1.54. The van der Waals surface area contributed by atoms with Gasteiger partial charge in [0.05, 0.1) is 6.61 Å². The summed E-state index contributed by atoms with van der Waals surface area (Å²) in [5.74, 6) is 1.04. The first-order valence-electron chi connectivity index (χ1n) is 5.82. The summed E-state index contributed by atoms with van der Waals surface area (Å²) in [5.41, 5.74) is 6.72. The maximum absolute atomic E-state index is 9.09. The Balaban J connectivity index is 2.59. The van der Waals surface area contributed by atoms with Crippen LogP contribution in [-0.2, 0) is 6.42 Å². The molecule has 0 heterocycles. The van der Waals surface area contributed by atoms with Crippen molar-refractivity contribution in [3.8, 4) is 5.75 Å². The Morgan fingerprint density at radius 1 is 1.44 bits per heavy atom. The molecule has 0 spiro atoms. The van der Waals surface area contributed by atoms with Crippen molar-refractivity contribution in [1.82, 2.24) is 0 Å². The van der Waals surface area contributed by atoms with Gasteiger partial charge in [-0.1, -0.05) is 19.1 Å². The zero-order chi connectivity index (χ0) is 11.8. The summed E-state index contributed by atoms with van der Waals surface area (Å²) in [7, 11) is 0. The minimum atomic E-state index is 0.135. The fourth-order valence-electron chi connectivity index (χ4n) is 1.54. The van der Waals surface area contributed by atoms with Crippen molar-refractivity contribution in [3.63, 3.8) is 0 Å². The van der Waals surface area contributed by atoms with Crippen molar-refractivity contribution in [2.24, 2.45) is 11.7 Å². The van der Waals surface area contributed by atoms with Crippen molar-refractivity contribution in [2.75, 3.05) is 19.8 Å². The van der Waals surface area contributed by atoms with Gasteiger partial charge in [-0.25, -0.2) is 0 Å². The van der Waals surface area contributed by atoms with Gasteiger partial charge in [-0.15, -0.1) is 0 Å². The molecular weight excluding hydrogens is 202 g/mol. The predicted octanol–water partition coefficient (Wildman–Crippen LogP) is 1.59. The molecule has 1 aromatic rings. The first kappa shape index (κ1) is 13.0. The second-order valence-electron chi connectivity index (χ2n) is 3.98. The zero-order valence-electron chi connectivity index (χ0n) is 9.86. The van der Waals surface area contributed by atoms with Crippen molar-refractivity contribution >= 4 is 0 Å². The zero-order valence-corrected chi connectivity index (χ0v) is 9.86. The lowest BCUT2D eigenvalue weighted by molar-refractivity contribution is 0.229. The SMILES string of the molecule is CCCOc1cccc(CC(CN)CO)c1. The van der Waals surface area contributed by atoms with E-state index in [4.69, 9.17) is 15.6 Å². The van der Waals surface area contributed by atoms with E-state index in [0.717, 1.165) is 30.8 Å². The number of hydrogen-bond acceptors (Lipinski definition) is 3. The molecule has 0 amide bonds. The summed E-state index contributed by atoms with van der Waals surface area (Å²) in [5, 5.41) is 9.09. The number of ether oxygens (including phenoxy) is 1. The van der Waals surface area contributed by atoms with Gasteiger partial charge in [0.2, 0.25) is 0 Å². The minimum Gasteiger partial charge on any atom is -0.494 e. The molecule has 0 aliphatic carbocycles. The molecule has 3 heteroatoms. The quantitative estimate of drug-likeness (QED) is 0.738. The van der Waals surface area contributed by atoms with Gasteiger partial charge >= 0.3 is 0 Å². The number of aliphatic hydroxyl groups is 1. The molecule has 0 aromatic heterocycles. The maximum atomic E-state index is 9.09. The molecule has 3 N–H and O–H groups in total. The van der Waals surface area contributed by atoms with Crippen LogP contribution in [0.5, 0.6) is 5.75 Å². The Morgan fingerprint density at radius 3 is 2.88 bits per heavy atom. The van der Waals surface area contributed by atoms with E-state index in [2.05, 4.69) is 6.92 Å².